The minimum atomic E-state index is -0.183. The first-order valence-corrected chi connectivity index (χ1v) is 7.74. The molecule has 2 aromatic carbocycles. The number of likely N-dealkylation sites (N-methyl/N-ethyl adjacent to an activating group) is 1. The van der Waals surface area contributed by atoms with Crippen molar-refractivity contribution in [1.82, 2.24) is 10.2 Å². The van der Waals surface area contributed by atoms with E-state index >= 15 is 0 Å². The fraction of sp³-hybridized carbons (Fsp3) is 0.278. The quantitative estimate of drug-likeness (QED) is 0.881. The minimum Gasteiger partial charge on any atom is -0.496 e. The maximum absolute atomic E-state index is 12.3. The zero-order valence-corrected chi connectivity index (χ0v) is 14.3. The number of amides is 1. The molecule has 5 heteroatoms. The second-order valence-electron chi connectivity index (χ2n) is 5.41. The third-order valence-corrected chi connectivity index (χ3v) is 4.03. The molecule has 0 spiro atoms. The van der Waals surface area contributed by atoms with Crippen molar-refractivity contribution in [3.05, 3.63) is 64.7 Å². The maximum atomic E-state index is 12.3. The lowest BCUT2D eigenvalue weighted by Gasteiger charge is -2.26. The summed E-state index contributed by atoms with van der Waals surface area (Å²) < 4.78 is 5.43. The van der Waals surface area contributed by atoms with Gasteiger partial charge in [-0.05, 0) is 32.3 Å². The number of benzene rings is 2. The van der Waals surface area contributed by atoms with Crippen LogP contribution < -0.4 is 10.1 Å². The van der Waals surface area contributed by atoms with E-state index in [0.717, 1.165) is 11.3 Å². The molecule has 0 heterocycles. The molecule has 122 valence electrons. The van der Waals surface area contributed by atoms with Crippen LogP contribution in [0.1, 0.15) is 22.0 Å². The Kier molecular flexibility index (Phi) is 6.02. The number of carbonyl (C=O) groups is 1. The van der Waals surface area contributed by atoms with Crippen molar-refractivity contribution in [3.8, 4) is 5.75 Å². The Morgan fingerprint density at radius 2 is 1.83 bits per heavy atom. The summed E-state index contributed by atoms with van der Waals surface area (Å²) in [5.41, 5.74) is 1.51. The summed E-state index contributed by atoms with van der Waals surface area (Å²) >= 11 is 6.07. The lowest BCUT2D eigenvalue weighted by molar-refractivity contribution is 0.0941. The van der Waals surface area contributed by atoms with Crippen molar-refractivity contribution in [2.75, 3.05) is 27.7 Å². The van der Waals surface area contributed by atoms with E-state index in [4.69, 9.17) is 16.3 Å². The van der Waals surface area contributed by atoms with Gasteiger partial charge >= 0.3 is 0 Å². The van der Waals surface area contributed by atoms with Crippen molar-refractivity contribution in [2.45, 2.75) is 6.04 Å². The molecule has 2 aromatic rings. The number of hydrogen-bond donors (Lipinski definition) is 1. The van der Waals surface area contributed by atoms with Crippen LogP contribution in [0.25, 0.3) is 0 Å². The smallest absolute Gasteiger partial charge is 0.252 e. The molecule has 1 N–H and O–H groups in total. The average molecular weight is 333 g/mol. The van der Waals surface area contributed by atoms with Gasteiger partial charge in [0.25, 0.3) is 5.91 Å². The molecule has 0 aromatic heterocycles. The number of ether oxygens (including phenoxy) is 1. The number of methoxy groups -OCH3 is 1. The first kappa shape index (κ1) is 17.3. The lowest BCUT2D eigenvalue weighted by Crippen LogP contribution is -2.34. The van der Waals surface area contributed by atoms with E-state index in [1.165, 1.54) is 0 Å². The Morgan fingerprint density at radius 3 is 2.48 bits per heavy atom. The molecule has 0 aliphatic carbocycles. The molecular weight excluding hydrogens is 312 g/mol. The van der Waals surface area contributed by atoms with Crippen LogP contribution in [0.4, 0.5) is 0 Å². The number of carbonyl (C=O) groups excluding carboxylic acids is 1. The second-order valence-corrected chi connectivity index (χ2v) is 5.82. The van der Waals surface area contributed by atoms with Gasteiger partial charge in [-0.3, -0.25) is 4.79 Å². The van der Waals surface area contributed by atoms with Crippen LogP contribution in [0, 0.1) is 0 Å². The number of halogens is 1. The normalized spacial score (nSPS) is 12.0. The summed E-state index contributed by atoms with van der Waals surface area (Å²) in [5, 5.41) is 3.40. The molecule has 0 saturated heterocycles. The third-order valence-electron chi connectivity index (χ3n) is 3.70. The zero-order chi connectivity index (χ0) is 16.8. The van der Waals surface area contributed by atoms with Gasteiger partial charge in [0.05, 0.1) is 23.7 Å². The topological polar surface area (TPSA) is 41.6 Å². The molecular formula is C18H21ClN2O2. The molecule has 1 amide bonds. The van der Waals surface area contributed by atoms with Crippen LogP contribution in [-0.4, -0.2) is 38.6 Å². The molecule has 1 atom stereocenters. The Balaban J connectivity index is 2.15. The predicted molar refractivity (Wildman–Crippen MR) is 93.2 cm³/mol. The summed E-state index contributed by atoms with van der Waals surface area (Å²) in [4.78, 5) is 14.4. The highest BCUT2D eigenvalue weighted by Gasteiger charge is 2.19. The third kappa shape index (κ3) is 4.24. The van der Waals surface area contributed by atoms with Gasteiger partial charge in [-0.15, -0.1) is 0 Å². The predicted octanol–water partition coefficient (Wildman–Crippen LogP) is 3.38. The number of nitrogens with zero attached hydrogens (tertiary/aromatic N) is 1. The number of rotatable bonds is 6. The Morgan fingerprint density at radius 1 is 1.17 bits per heavy atom. The van der Waals surface area contributed by atoms with E-state index in [0.29, 0.717) is 17.1 Å². The van der Waals surface area contributed by atoms with Gasteiger partial charge in [0.2, 0.25) is 0 Å². The van der Waals surface area contributed by atoms with Crippen molar-refractivity contribution >= 4 is 17.5 Å². The minimum absolute atomic E-state index is 0.00223. The van der Waals surface area contributed by atoms with Crippen LogP contribution >= 0.6 is 11.6 Å². The van der Waals surface area contributed by atoms with E-state index in [2.05, 4.69) is 5.32 Å². The lowest BCUT2D eigenvalue weighted by atomic mass is 10.0. The molecule has 0 aliphatic heterocycles. The highest BCUT2D eigenvalue weighted by Crippen LogP contribution is 2.27. The summed E-state index contributed by atoms with van der Waals surface area (Å²) in [5.74, 6) is 0.621. The van der Waals surface area contributed by atoms with Crippen LogP contribution in [-0.2, 0) is 0 Å². The molecule has 0 radical (unpaired) electrons. The van der Waals surface area contributed by atoms with Gasteiger partial charge in [0, 0.05) is 12.1 Å². The first-order chi connectivity index (χ1) is 11.0. The average Bonchev–Trinajstić information content (AvgIpc) is 2.55. The highest BCUT2D eigenvalue weighted by molar-refractivity contribution is 6.33. The van der Waals surface area contributed by atoms with Gasteiger partial charge in [-0.1, -0.05) is 41.9 Å². The molecule has 0 saturated carbocycles. The van der Waals surface area contributed by atoms with E-state index in [1.807, 2.05) is 43.3 Å². The van der Waals surface area contributed by atoms with Gasteiger partial charge < -0.3 is 15.0 Å². The Labute approximate surface area is 142 Å². The number of nitrogens with one attached hydrogen (secondary N) is 1. The molecule has 0 bridgehead atoms. The standard InChI is InChI=1S/C18H21ClN2O2/c1-21(2)16(14-9-5-7-11-17(14)23-3)12-20-18(22)13-8-4-6-10-15(13)19/h4-11,16H,12H2,1-3H3,(H,20,22)/t16-/m1/s1. The van der Waals surface area contributed by atoms with Crippen LogP contribution in [0.3, 0.4) is 0 Å². The largest absolute Gasteiger partial charge is 0.496 e. The van der Waals surface area contributed by atoms with Crippen LogP contribution in [0.5, 0.6) is 5.75 Å². The van der Waals surface area contributed by atoms with Gasteiger partial charge in [0.1, 0.15) is 5.75 Å². The maximum Gasteiger partial charge on any atom is 0.252 e. The van der Waals surface area contributed by atoms with Crippen molar-refractivity contribution in [3.63, 3.8) is 0 Å². The first-order valence-electron chi connectivity index (χ1n) is 7.36. The highest BCUT2D eigenvalue weighted by atomic mass is 35.5. The van der Waals surface area contributed by atoms with Gasteiger partial charge in [-0.2, -0.15) is 0 Å². The van der Waals surface area contributed by atoms with E-state index in [9.17, 15) is 4.79 Å². The van der Waals surface area contributed by atoms with Crippen LogP contribution in [0.2, 0.25) is 5.02 Å². The molecule has 0 fully saturated rings. The van der Waals surface area contributed by atoms with E-state index < -0.39 is 0 Å². The summed E-state index contributed by atoms with van der Waals surface area (Å²) in [6, 6.07) is 14.8. The summed E-state index contributed by atoms with van der Waals surface area (Å²) in [6.07, 6.45) is 0. The summed E-state index contributed by atoms with van der Waals surface area (Å²) in [7, 11) is 5.59. The Bertz CT molecular complexity index is 674. The SMILES string of the molecule is COc1ccccc1[C@@H](CNC(=O)c1ccccc1Cl)N(C)C. The fourth-order valence-corrected chi connectivity index (χ4v) is 2.66. The number of para-hydroxylation sites is 1. The monoisotopic (exact) mass is 332 g/mol. The summed E-state index contributed by atoms with van der Waals surface area (Å²) in [6.45, 7) is 0.456. The van der Waals surface area contributed by atoms with E-state index in [-0.39, 0.29) is 11.9 Å². The fourth-order valence-electron chi connectivity index (χ4n) is 2.44. The van der Waals surface area contributed by atoms with E-state index in [1.54, 1.807) is 31.4 Å². The Hall–Kier alpha value is -2.04. The van der Waals surface area contributed by atoms with Crippen molar-refractivity contribution < 1.29 is 9.53 Å². The molecule has 0 aliphatic rings. The van der Waals surface area contributed by atoms with Crippen molar-refractivity contribution in [2.24, 2.45) is 0 Å². The van der Waals surface area contributed by atoms with Crippen molar-refractivity contribution in [1.29, 1.82) is 0 Å². The molecule has 0 unspecified atom stereocenters. The second kappa shape index (κ2) is 7.99. The zero-order valence-electron chi connectivity index (χ0n) is 13.5. The molecule has 2 rings (SSSR count). The van der Waals surface area contributed by atoms with Gasteiger partial charge in [-0.25, -0.2) is 0 Å². The molecule has 4 nitrogen and oxygen atoms in total. The molecule has 23 heavy (non-hydrogen) atoms. The van der Waals surface area contributed by atoms with Gasteiger partial charge in [0.15, 0.2) is 0 Å². The van der Waals surface area contributed by atoms with Crippen LogP contribution in [0.15, 0.2) is 48.5 Å². The number of hydrogen-bond acceptors (Lipinski definition) is 3.